The SMILES string of the molecule is C=CC1=C(CCC)C=NCC1.CC. The fourth-order valence-corrected chi connectivity index (χ4v) is 1.33. The first-order chi connectivity index (χ1) is 6.38. The molecule has 0 aliphatic carbocycles. The summed E-state index contributed by atoms with van der Waals surface area (Å²) >= 11 is 0. The molecule has 0 amide bonds. The summed E-state index contributed by atoms with van der Waals surface area (Å²) in [7, 11) is 0. The van der Waals surface area contributed by atoms with Gasteiger partial charge in [0, 0.05) is 12.8 Å². The Labute approximate surface area is 82.3 Å². The van der Waals surface area contributed by atoms with Crippen LogP contribution in [0.5, 0.6) is 0 Å². The lowest BCUT2D eigenvalue weighted by Gasteiger charge is -2.10. The largest absolute Gasteiger partial charge is 0.293 e. The molecule has 1 nitrogen and oxygen atoms in total. The number of allylic oxidation sites excluding steroid dienone is 2. The summed E-state index contributed by atoms with van der Waals surface area (Å²) in [6.45, 7) is 10.9. The number of dihydropyridines is 1. The molecule has 0 bridgehead atoms. The van der Waals surface area contributed by atoms with E-state index in [0.29, 0.717) is 0 Å². The normalized spacial score (nSPS) is 15.0. The molecule has 0 fully saturated rings. The number of hydrogen-bond acceptors (Lipinski definition) is 1. The predicted octanol–water partition coefficient (Wildman–Crippen LogP) is 3.77. The Balaban J connectivity index is 0.000000671. The third-order valence-electron chi connectivity index (χ3n) is 1.94. The molecule has 0 aromatic rings. The van der Waals surface area contributed by atoms with Gasteiger partial charge < -0.3 is 0 Å². The number of nitrogens with zero attached hydrogens (tertiary/aromatic N) is 1. The fraction of sp³-hybridized carbons (Fsp3) is 0.583. The van der Waals surface area contributed by atoms with E-state index in [1.54, 1.807) is 0 Å². The van der Waals surface area contributed by atoms with Crippen molar-refractivity contribution in [3.8, 4) is 0 Å². The molecular formula is C12H21N. The van der Waals surface area contributed by atoms with E-state index in [4.69, 9.17) is 0 Å². The molecule has 1 rings (SSSR count). The van der Waals surface area contributed by atoms with Gasteiger partial charge in [-0.1, -0.05) is 39.8 Å². The van der Waals surface area contributed by atoms with Crippen LogP contribution >= 0.6 is 0 Å². The van der Waals surface area contributed by atoms with Gasteiger partial charge in [0.2, 0.25) is 0 Å². The van der Waals surface area contributed by atoms with Crippen molar-refractivity contribution in [2.75, 3.05) is 6.54 Å². The maximum absolute atomic E-state index is 4.24. The lowest BCUT2D eigenvalue weighted by molar-refractivity contribution is 0.880. The zero-order valence-corrected chi connectivity index (χ0v) is 9.14. The van der Waals surface area contributed by atoms with Crippen molar-refractivity contribution < 1.29 is 0 Å². The van der Waals surface area contributed by atoms with Gasteiger partial charge in [0.1, 0.15) is 0 Å². The van der Waals surface area contributed by atoms with Crippen LogP contribution in [0.4, 0.5) is 0 Å². The monoisotopic (exact) mass is 179 g/mol. The molecule has 1 heteroatoms. The number of aliphatic imine (C=N–C) groups is 1. The molecule has 1 heterocycles. The van der Waals surface area contributed by atoms with Crippen molar-refractivity contribution in [3.63, 3.8) is 0 Å². The molecule has 1 aliphatic heterocycles. The van der Waals surface area contributed by atoms with E-state index < -0.39 is 0 Å². The molecule has 0 aromatic carbocycles. The summed E-state index contributed by atoms with van der Waals surface area (Å²) in [5.74, 6) is 0. The molecule has 0 N–H and O–H groups in total. The van der Waals surface area contributed by atoms with Crippen LogP contribution in [0.25, 0.3) is 0 Å². The summed E-state index contributed by atoms with van der Waals surface area (Å²) in [4.78, 5) is 4.24. The summed E-state index contributed by atoms with van der Waals surface area (Å²) < 4.78 is 0. The molecule has 13 heavy (non-hydrogen) atoms. The smallest absolute Gasteiger partial charge is 0.0429 e. The van der Waals surface area contributed by atoms with Gasteiger partial charge in [-0.15, -0.1) is 0 Å². The van der Waals surface area contributed by atoms with Gasteiger partial charge in [-0.05, 0) is 24.0 Å². The van der Waals surface area contributed by atoms with Crippen molar-refractivity contribution in [2.24, 2.45) is 4.99 Å². The molecule has 0 atom stereocenters. The highest BCUT2D eigenvalue weighted by Crippen LogP contribution is 2.17. The van der Waals surface area contributed by atoms with Crippen molar-refractivity contribution in [3.05, 3.63) is 23.8 Å². The molecule has 0 radical (unpaired) electrons. The van der Waals surface area contributed by atoms with Gasteiger partial charge >= 0.3 is 0 Å². The third kappa shape index (κ3) is 4.07. The van der Waals surface area contributed by atoms with E-state index in [1.165, 1.54) is 17.6 Å². The van der Waals surface area contributed by atoms with Gasteiger partial charge in [0.25, 0.3) is 0 Å². The number of hydrogen-bond donors (Lipinski definition) is 0. The highest BCUT2D eigenvalue weighted by atomic mass is 14.7. The Morgan fingerprint density at radius 2 is 2.23 bits per heavy atom. The van der Waals surface area contributed by atoms with Crippen LogP contribution in [0, 0.1) is 0 Å². The highest BCUT2D eigenvalue weighted by Gasteiger charge is 2.04. The second kappa shape index (κ2) is 7.78. The zero-order valence-electron chi connectivity index (χ0n) is 9.14. The summed E-state index contributed by atoms with van der Waals surface area (Å²) in [5, 5.41) is 0. The molecule has 74 valence electrons. The van der Waals surface area contributed by atoms with Crippen molar-refractivity contribution in [1.29, 1.82) is 0 Å². The quantitative estimate of drug-likeness (QED) is 0.625. The minimum atomic E-state index is 0.939. The maximum atomic E-state index is 4.24. The van der Waals surface area contributed by atoms with Crippen LogP contribution in [0.2, 0.25) is 0 Å². The summed E-state index contributed by atoms with van der Waals surface area (Å²) in [5.41, 5.74) is 2.77. The first kappa shape index (κ1) is 12.2. The maximum Gasteiger partial charge on any atom is 0.0429 e. The Morgan fingerprint density at radius 1 is 1.54 bits per heavy atom. The predicted molar refractivity (Wildman–Crippen MR) is 61.5 cm³/mol. The van der Waals surface area contributed by atoms with E-state index in [2.05, 4.69) is 18.5 Å². The first-order valence-corrected chi connectivity index (χ1v) is 5.22. The minimum Gasteiger partial charge on any atom is -0.293 e. The van der Waals surface area contributed by atoms with Crippen LogP contribution in [0.15, 0.2) is 28.8 Å². The molecule has 0 saturated carbocycles. The van der Waals surface area contributed by atoms with Crippen LogP contribution in [-0.2, 0) is 0 Å². The minimum absolute atomic E-state index is 0.939. The van der Waals surface area contributed by atoms with Crippen LogP contribution in [-0.4, -0.2) is 12.8 Å². The first-order valence-electron chi connectivity index (χ1n) is 5.22. The number of rotatable bonds is 3. The van der Waals surface area contributed by atoms with Crippen molar-refractivity contribution >= 4 is 6.21 Å². The lowest BCUT2D eigenvalue weighted by atomic mass is 10.00. The average molecular weight is 179 g/mol. The zero-order chi connectivity index (χ0) is 10.1. The Morgan fingerprint density at radius 3 is 2.77 bits per heavy atom. The summed E-state index contributed by atoms with van der Waals surface area (Å²) in [6.07, 6.45) is 7.39. The Bertz CT molecular complexity index is 199. The molecule has 1 aliphatic rings. The van der Waals surface area contributed by atoms with Gasteiger partial charge in [-0.3, -0.25) is 4.99 Å². The third-order valence-corrected chi connectivity index (χ3v) is 1.94. The second-order valence-corrected chi connectivity index (χ2v) is 2.79. The molecular weight excluding hydrogens is 158 g/mol. The van der Waals surface area contributed by atoms with Crippen molar-refractivity contribution in [2.45, 2.75) is 40.0 Å². The van der Waals surface area contributed by atoms with Crippen LogP contribution in [0.1, 0.15) is 40.0 Å². The Kier molecular flexibility index (Phi) is 7.27. The average Bonchev–Trinajstić information content (AvgIpc) is 2.22. The standard InChI is InChI=1S/C10H15N.C2H6/c1-3-5-10-8-11-7-6-9(10)4-2;1-2/h4,8H,2-3,5-7H2,1H3;1-2H3. The highest BCUT2D eigenvalue weighted by molar-refractivity contribution is 5.81. The van der Waals surface area contributed by atoms with Gasteiger partial charge in [0.15, 0.2) is 0 Å². The van der Waals surface area contributed by atoms with Gasteiger partial charge in [-0.25, -0.2) is 0 Å². The Hall–Kier alpha value is -0.850. The molecule has 0 aromatic heterocycles. The van der Waals surface area contributed by atoms with Crippen molar-refractivity contribution in [1.82, 2.24) is 0 Å². The van der Waals surface area contributed by atoms with E-state index in [9.17, 15) is 0 Å². The van der Waals surface area contributed by atoms with E-state index in [-0.39, 0.29) is 0 Å². The van der Waals surface area contributed by atoms with E-state index in [1.807, 2.05) is 26.1 Å². The van der Waals surface area contributed by atoms with Gasteiger partial charge in [-0.2, -0.15) is 0 Å². The van der Waals surface area contributed by atoms with Crippen LogP contribution in [0.3, 0.4) is 0 Å². The molecule has 0 spiro atoms. The second-order valence-electron chi connectivity index (χ2n) is 2.79. The molecule has 0 unspecified atom stereocenters. The van der Waals surface area contributed by atoms with E-state index >= 15 is 0 Å². The fourth-order valence-electron chi connectivity index (χ4n) is 1.33. The van der Waals surface area contributed by atoms with Crippen LogP contribution < -0.4 is 0 Å². The molecule has 0 saturated heterocycles. The summed E-state index contributed by atoms with van der Waals surface area (Å²) in [6, 6.07) is 0. The lowest BCUT2D eigenvalue weighted by Crippen LogP contribution is -2.00. The topological polar surface area (TPSA) is 12.4 Å². The van der Waals surface area contributed by atoms with Gasteiger partial charge in [0.05, 0.1) is 0 Å². The van der Waals surface area contributed by atoms with E-state index in [0.717, 1.165) is 19.4 Å².